The van der Waals surface area contributed by atoms with E-state index in [4.69, 9.17) is 0 Å². The minimum absolute atomic E-state index is 0.0103. The number of carbonyl (C=O) groups excluding carboxylic acids is 1. The van der Waals surface area contributed by atoms with E-state index >= 15 is 0 Å². The maximum Gasteiger partial charge on any atom is 0.146 e. The second-order valence-corrected chi connectivity index (χ2v) is 5.03. The van der Waals surface area contributed by atoms with E-state index in [2.05, 4.69) is 18.7 Å². The molecular weight excluding hydrogens is 202 g/mol. The van der Waals surface area contributed by atoms with Crippen molar-refractivity contribution in [2.75, 3.05) is 13.1 Å². The highest BCUT2D eigenvalue weighted by Gasteiger charge is 2.30. The van der Waals surface area contributed by atoms with Gasteiger partial charge in [0.2, 0.25) is 0 Å². The molecule has 16 heavy (non-hydrogen) atoms. The largest absolute Gasteiger partial charge is 0.390 e. The van der Waals surface area contributed by atoms with Crippen molar-refractivity contribution in [3.05, 3.63) is 0 Å². The molecule has 1 rings (SSSR count). The van der Waals surface area contributed by atoms with Gasteiger partial charge in [0, 0.05) is 13.1 Å². The van der Waals surface area contributed by atoms with Gasteiger partial charge in [-0.05, 0) is 33.6 Å². The summed E-state index contributed by atoms with van der Waals surface area (Å²) in [5, 5.41) is 9.70. The van der Waals surface area contributed by atoms with Crippen molar-refractivity contribution in [2.45, 2.75) is 65.5 Å². The Hall–Kier alpha value is -0.410. The van der Waals surface area contributed by atoms with Crippen LogP contribution in [0.25, 0.3) is 0 Å². The minimum Gasteiger partial charge on any atom is -0.390 e. The first-order valence-corrected chi connectivity index (χ1v) is 6.31. The molecule has 1 heterocycles. The molecule has 0 radical (unpaired) electrons. The molecule has 0 bridgehead atoms. The van der Waals surface area contributed by atoms with Crippen LogP contribution < -0.4 is 0 Å². The zero-order chi connectivity index (χ0) is 12.8. The third-order valence-corrected chi connectivity index (χ3v) is 3.01. The molecular formula is C13H27NO2. The number of rotatable bonds is 2. The Morgan fingerprint density at radius 3 is 2.06 bits per heavy atom. The van der Waals surface area contributed by atoms with Crippen LogP contribution in [0.3, 0.4) is 0 Å². The van der Waals surface area contributed by atoms with Gasteiger partial charge in [-0.3, -0.25) is 9.69 Å². The Bertz CT molecular complexity index is 204. The first-order valence-electron chi connectivity index (χ1n) is 6.31. The lowest BCUT2D eigenvalue weighted by Gasteiger charge is -2.38. The third kappa shape index (κ3) is 5.61. The van der Waals surface area contributed by atoms with Gasteiger partial charge in [0.25, 0.3) is 0 Å². The van der Waals surface area contributed by atoms with Gasteiger partial charge in [0.1, 0.15) is 5.78 Å². The fraction of sp³-hybridized carbons (Fsp3) is 0.923. The Balaban J connectivity index is 0.000000673. The van der Waals surface area contributed by atoms with Gasteiger partial charge in [-0.15, -0.1) is 0 Å². The number of hydrogen-bond acceptors (Lipinski definition) is 3. The molecule has 3 nitrogen and oxygen atoms in total. The molecule has 1 aliphatic heterocycles. The van der Waals surface area contributed by atoms with Gasteiger partial charge in [0.05, 0.1) is 11.6 Å². The maximum atomic E-state index is 11.1. The highest BCUT2D eigenvalue weighted by molar-refractivity contribution is 5.80. The van der Waals surface area contributed by atoms with E-state index in [-0.39, 0.29) is 11.8 Å². The fourth-order valence-electron chi connectivity index (χ4n) is 1.65. The average Bonchev–Trinajstić information content (AvgIpc) is 2.18. The van der Waals surface area contributed by atoms with Gasteiger partial charge >= 0.3 is 0 Å². The predicted molar refractivity (Wildman–Crippen MR) is 67.5 cm³/mol. The molecule has 1 saturated heterocycles. The number of aliphatic hydroxyl groups is 1. The second-order valence-electron chi connectivity index (χ2n) is 5.03. The molecule has 1 aliphatic rings. The van der Waals surface area contributed by atoms with Crippen molar-refractivity contribution >= 4 is 5.78 Å². The molecule has 0 aromatic carbocycles. The topological polar surface area (TPSA) is 40.5 Å². The quantitative estimate of drug-likeness (QED) is 0.789. The number of ketones is 1. The second kappa shape index (κ2) is 7.02. The van der Waals surface area contributed by atoms with Gasteiger partial charge in [0.15, 0.2) is 0 Å². The molecule has 1 atom stereocenters. The maximum absolute atomic E-state index is 11.1. The summed E-state index contributed by atoms with van der Waals surface area (Å²) in [5.74, 6) is 0.210. The number of likely N-dealkylation sites (tertiary alicyclic amines) is 1. The van der Waals surface area contributed by atoms with Crippen molar-refractivity contribution in [2.24, 2.45) is 0 Å². The number of carbonyl (C=O) groups is 1. The van der Waals surface area contributed by atoms with Crippen LogP contribution in [0.2, 0.25) is 0 Å². The van der Waals surface area contributed by atoms with Crippen LogP contribution in [-0.2, 0) is 4.79 Å². The smallest absolute Gasteiger partial charge is 0.146 e. The monoisotopic (exact) mass is 229 g/mol. The summed E-state index contributed by atoms with van der Waals surface area (Å²) in [6.45, 7) is 11.3. The summed E-state index contributed by atoms with van der Waals surface area (Å²) < 4.78 is 0. The molecule has 3 heteroatoms. The van der Waals surface area contributed by atoms with Crippen LogP contribution >= 0.6 is 0 Å². The number of nitrogens with zero attached hydrogens (tertiary/aromatic N) is 1. The zero-order valence-electron chi connectivity index (χ0n) is 11.4. The highest BCUT2D eigenvalue weighted by Crippen LogP contribution is 2.22. The van der Waals surface area contributed by atoms with E-state index in [1.165, 1.54) is 6.42 Å². The van der Waals surface area contributed by atoms with Gasteiger partial charge in [-0.25, -0.2) is 0 Å². The first-order chi connectivity index (χ1) is 7.34. The average molecular weight is 229 g/mol. The van der Waals surface area contributed by atoms with Crippen molar-refractivity contribution in [1.82, 2.24) is 4.90 Å². The molecule has 0 spiro atoms. The SMILES string of the molecule is CC(=O)C(C)N1CCC(C)(O)CC1.CCC. The number of Topliss-reactive ketones (excluding diaryl/α,β-unsaturated/α-hetero) is 1. The standard InChI is InChI=1S/C10H19NO2.C3H8/c1-8(9(2)12)11-6-4-10(3,13)5-7-11;1-3-2/h8,13H,4-7H2,1-3H3;3H2,1-2H3. The molecule has 96 valence electrons. The summed E-state index contributed by atoms with van der Waals surface area (Å²) in [4.78, 5) is 13.2. The Kier molecular flexibility index (Phi) is 6.84. The predicted octanol–water partition coefficient (Wildman–Crippen LogP) is 2.23. The summed E-state index contributed by atoms with van der Waals surface area (Å²) in [7, 11) is 0. The van der Waals surface area contributed by atoms with Crippen LogP contribution in [0.5, 0.6) is 0 Å². The van der Waals surface area contributed by atoms with Crippen LogP contribution in [0, 0.1) is 0 Å². The Morgan fingerprint density at radius 1 is 1.38 bits per heavy atom. The lowest BCUT2D eigenvalue weighted by Crippen LogP contribution is -2.48. The number of hydrogen-bond donors (Lipinski definition) is 1. The normalized spacial score (nSPS) is 21.9. The zero-order valence-corrected chi connectivity index (χ0v) is 11.4. The highest BCUT2D eigenvalue weighted by atomic mass is 16.3. The molecule has 0 amide bonds. The van der Waals surface area contributed by atoms with E-state index in [9.17, 15) is 9.90 Å². The molecule has 0 aliphatic carbocycles. The summed E-state index contributed by atoms with van der Waals surface area (Å²) in [6, 6.07) is 0.0103. The van der Waals surface area contributed by atoms with E-state index < -0.39 is 5.60 Å². The van der Waals surface area contributed by atoms with Crippen LogP contribution in [0.1, 0.15) is 53.9 Å². The molecule has 0 aromatic heterocycles. The van der Waals surface area contributed by atoms with Crippen molar-refractivity contribution < 1.29 is 9.90 Å². The van der Waals surface area contributed by atoms with Gasteiger partial charge in [-0.1, -0.05) is 20.3 Å². The molecule has 0 aromatic rings. The van der Waals surface area contributed by atoms with Crippen LogP contribution in [-0.4, -0.2) is 40.5 Å². The van der Waals surface area contributed by atoms with E-state index in [1.54, 1.807) is 6.92 Å². The lowest BCUT2D eigenvalue weighted by atomic mass is 9.93. The van der Waals surface area contributed by atoms with E-state index in [1.807, 2.05) is 13.8 Å². The van der Waals surface area contributed by atoms with Crippen molar-refractivity contribution in [3.8, 4) is 0 Å². The molecule has 1 unspecified atom stereocenters. The minimum atomic E-state index is -0.521. The van der Waals surface area contributed by atoms with Crippen LogP contribution in [0.15, 0.2) is 0 Å². The molecule has 1 fully saturated rings. The number of piperidine rings is 1. The Morgan fingerprint density at radius 2 is 1.75 bits per heavy atom. The lowest BCUT2D eigenvalue weighted by molar-refractivity contribution is -0.123. The first kappa shape index (κ1) is 15.6. The fourth-order valence-corrected chi connectivity index (χ4v) is 1.65. The van der Waals surface area contributed by atoms with Crippen molar-refractivity contribution in [3.63, 3.8) is 0 Å². The van der Waals surface area contributed by atoms with Crippen LogP contribution in [0.4, 0.5) is 0 Å². The third-order valence-electron chi connectivity index (χ3n) is 3.01. The Labute approximate surface area is 99.8 Å². The van der Waals surface area contributed by atoms with Gasteiger partial charge < -0.3 is 5.11 Å². The molecule has 1 N–H and O–H groups in total. The van der Waals surface area contributed by atoms with E-state index in [0.717, 1.165) is 25.9 Å². The van der Waals surface area contributed by atoms with Gasteiger partial charge in [-0.2, -0.15) is 0 Å². The summed E-state index contributed by atoms with van der Waals surface area (Å²) in [6.07, 6.45) is 2.79. The summed E-state index contributed by atoms with van der Waals surface area (Å²) >= 11 is 0. The van der Waals surface area contributed by atoms with E-state index in [0.29, 0.717) is 0 Å². The molecule has 0 saturated carbocycles. The summed E-state index contributed by atoms with van der Waals surface area (Å²) in [5.41, 5.74) is -0.521. The van der Waals surface area contributed by atoms with Crippen molar-refractivity contribution in [1.29, 1.82) is 0 Å².